The van der Waals surface area contributed by atoms with E-state index in [1.807, 2.05) is 24.3 Å². The standard InChI is InChI=1S/C16H18N2O/c1-19-13-5-2-4-12(10-13)11-18-9-8-14-15(17)6-3-7-16(14)18/h2-7,10H,8-9,11,17H2,1H3. The average molecular weight is 254 g/mol. The van der Waals surface area contributed by atoms with E-state index in [0.717, 1.165) is 30.9 Å². The van der Waals surface area contributed by atoms with Crippen molar-refractivity contribution in [2.75, 3.05) is 24.3 Å². The maximum Gasteiger partial charge on any atom is 0.119 e. The Balaban J connectivity index is 1.84. The minimum atomic E-state index is 0.896. The molecule has 98 valence electrons. The van der Waals surface area contributed by atoms with Gasteiger partial charge in [-0.1, -0.05) is 18.2 Å². The van der Waals surface area contributed by atoms with Gasteiger partial charge in [-0.3, -0.25) is 0 Å². The van der Waals surface area contributed by atoms with E-state index in [1.165, 1.54) is 16.8 Å². The summed E-state index contributed by atoms with van der Waals surface area (Å²) in [6.45, 7) is 1.93. The number of nitrogens with zero attached hydrogens (tertiary/aromatic N) is 1. The van der Waals surface area contributed by atoms with Gasteiger partial charge in [-0.2, -0.15) is 0 Å². The normalized spacial score (nSPS) is 13.4. The molecule has 0 fully saturated rings. The number of ether oxygens (including phenoxy) is 1. The Morgan fingerprint density at radius 3 is 2.89 bits per heavy atom. The molecule has 0 atom stereocenters. The first-order valence-electron chi connectivity index (χ1n) is 6.53. The van der Waals surface area contributed by atoms with E-state index in [9.17, 15) is 0 Å². The molecule has 0 radical (unpaired) electrons. The summed E-state index contributed by atoms with van der Waals surface area (Å²) in [6, 6.07) is 14.4. The summed E-state index contributed by atoms with van der Waals surface area (Å²) in [7, 11) is 1.70. The highest BCUT2D eigenvalue weighted by Gasteiger charge is 2.20. The number of methoxy groups -OCH3 is 1. The van der Waals surface area contributed by atoms with Gasteiger partial charge < -0.3 is 15.4 Å². The molecule has 1 aliphatic rings. The second kappa shape index (κ2) is 4.84. The lowest BCUT2D eigenvalue weighted by molar-refractivity contribution is 0.414. The maximum atomic E-state index is 6.03. The highest BCUT2D eigenvalue weighted by molar-refractivity contribution is 5.68. The Labute approximate surface area is 113 Å². The summed E-state index contributed by atoms with van der Waals surface area (Å²) < 4.78 is 5.27. The van der Waals surface area contributed by atoms with Gasteiger partial charge in [0.05, 0.1) is 7.11 Å². The van der Waals surface area contributed by atoms with Gasteiger partial charge in [0.2, 0.25) is 0 Å². The van der Waals surface area contributed by atoms with E-state index >= 15 is 0 Å². The van der Waals surface area contributed by atoms with Gasteiger partial charge in [0.25, 0.3) is 0 Å². The molecule has 3 rings (SSSR count). The monoisotopic (exact) mass is 254 g/mol. The van der Waals surface area contributed by atoms with Crippen LogP contribution in [-0.2, 0) is 13.0 Å². The first kappa shape index (κ1) is 11.9. The number of hydrogen-bond donors (Lipinski definition) is 1. The lowest BCUT2D eigenvalue weighted by atomic mass is 10.1. The summed E-state index contributed by atoms with van der Waals surface area (Å²) in [6.07, 6.45) is 1.03. The lowest BCUT2D eigenvalue weighted by Crippen LogP contribution is -2.19. The van der Waals surface area contributed by atoms with Crippen LogP contribution in [-0.4, -0.2) is 13.7 Å². The molecule has 0 bridgehead atoms. The van der Waals surface area contributed by atoms with Gasteiger partial charge in [-0.25, -0.2) is 0 Å². The van der Waals surface area contributed by atoms with Crippen LogP contribution in [0.4, 0.5) is 11.4 Å². The lowest BCUT2D eigenvalue weighted by Gasteiger charge is -2.20. The Bertz CT molecular complexity index is 595. The third-order valence-electron chi connectivity index (χ3n) is 3.67. The Morgan fingerprint density at radius 2 is 2.05 bits per heavy atom. The summed E-state index contributed by atoms with van der Waals surface area (Å²) in [5, 5.41) is 0. The van der Waals surface area contributed by atoms with Crippen LogP contribution in [0.5, 0.6) is 5.75 Å². The van der Waals surface area contributed by atoms with Crippen LogP contribution in [0, 0.1) is 0 Å². The molecule has 3 nitrogen and oxygen atoms in total. The molecule has 1 heterocycles. The molecule has 0 spiro atoms. The van der Waals surface area contributed by atoms with Crippen molar-refractivity contribution in [3.05, 3.63) is 53.6 Å². The highest BCUT2D eigenvalue weighted by Crippen LogP contribution is 2.33. The summed E-state index contributed by atoms with van der Waals surface area (Å²) in [4.78, 5) is 2.38. The van der Waals surface area contributed by atoms with Gasteiger partial charge in [0.1, 0.15) is 5.75 Å². The SMILES string of the molecule is COc1cccc(CN2CCc3c(N)cccc32)c1. The first-order valence-corrected chi connectivity index (χ1v) is 6.53. The van der Waals surface area contributed by atoms with Gasteiger partial charge >= 0.3 is 0 Å². The molecule has 0 aliphatic carbocycles. The first-order chi connectivity index (χ1) is 9.28. The van der Waals surface area contributed by atoms with Crippen molar-refractivity contribution in [3.8, 4) is 5.75 Å². The van der Waals surface area contributed by atoms with Crippen molar-refractivity contribution < 1.29 is 4.74 Å². The zero-order chi connectivity index (χ0) is 13.2. The van der Waals surface area contributed by atoms with E-state index in [1.54, 1.807) is 7.11 Å². The van der Waals surface area contributed by atoms with Crippen LogP contribution in [0.2, 0.25) is 0 Å². The number of anilines is 2. The van der Waals surface area contributed by atoms with Gasteiger partial charge in [-0.05, 0) is 36.2 Å². The molecule has 0 amide bonds. The number of nitrogens with two attached hydrogens (primary N) is 1. The molecule has 1 aliphatic heterocycles. The molecule has 3 heteroatoms. The van der Waals surface area contributed by atoms with Gasteiger partial charge in [-0.15, -0.1) is 0 Å². The Morgan fingerprint density at radius 1 is 1.21 bits per heavy atom. The van der Waals surface area contributed by atoms with Crippen LogP contribution in [0.15, 0.2) is 42.5 Å². The Hall–Kier alpha value is -2.16. The zero-order valence-corrected chi connectivity index (χ0v) is 11.1. The van der Waals surface area contributed by atoms with Crippen LogP contribution in [0.3, 0.4) is 0 Å². The van der Waals surface area contributed by atoms with Crippen molar-refractivity contribution in [2.24, 2.45) is 0 Å². The van der Waals surface area contributed by atoms with E-state index < -0.39 is 0 Å². The molecule has 0 saturated heterocycles. The fraction of sp³-hybridized carbons (Fsp3) is 0.250. The number of benzene rings is 2. The van der Waals surface area contributed by atoms with Crippen molar-refractivity contribution in [1.82, 2.24) is 0 Å². The second-order valence-corrected chi connectivity index (χ2v) is 4.87. The fourth-order valence-corrected chi connectivity index (χ4v) is 2.68. The van der Waals surface area contributed by atoms with Crippen LogP contribution >= 0.6 is 0 Å². The van der Waals surface area contributed by atoms with E-state index in [2.05, 4.69) is 23.1 Å². The van der Waals surface area contributed by atoms with Crippen molar-refractivity contribution >= 4 is 11.4 Å². The quantitative estimate of drug-likeness (QED) is 0.856. The van der Waals surface area contributed by atoms with E-state index in [0.29, 0.717) is 0 Å². The number of rotatable bonds is 3. The number of nitrogen functional groups attached to an aromatic ring is 1. The van der Waals surface area contributed by atoms with E-state index in [-0.39, 0.29) is 0 Å². The van der Waals surface area contributed by atoms with Crippen molar-refractivity contribution in [1.29, 1.82) is 0 Å². The smallest absolute Gasteiger partial charge is 0.119 e. The molecule has 19 heavy (non-hydrogen) atoms. The summed E-state index contributed by atoms with van der Waals surface area (Å²) in [5.74, 6) is 0.907. The fourth-order valence-electron chi connectivity index (χ4n) is 2.68. The maximum absolute atomic E-state index is 6.03. The predicted octanol–water partition coefficient (Wildman–Crippen LogP) is 2.84. The predicted molar refractivity (Wildman–Crippen MR) is 78.6 cm³/mol. The zero-order valence-electron chi connectivity index (χ0n) is 11.1. The molecule has 2 aromatic carbocycles. The average Bonchev–Trinajstić information content (AvgIpc) is 2.84. The molecule has 2 N–H and O–H groups in total. The molecular formula is C16H18N2O. The molecule has 0 aromatic heterocycles. The van der Waals surface area contributed by atoms with Gasteiger partial charge in [0, 0.05) is 30.0 Å². The van der Waals surface area contributed by atoms with Crippen LogP contribution in [0.25, 0.3) is 0 Å². The van der Waals surface area contributed by atoms with Gasteiger partial charge in [0.15, 0.2) is 0 Å². The van der Waals surface area contributed by atoms with Crippen LogP contribution < -0.4 is 15.4 Å². The van der Waals surface area contributed by atoms with Crippen LogP contribution in [0.1, 0.15) is 11.1 Å². The topological polar surface area (TPSA) is 38.5 Å². The number of hydrogen-bond acceptors (Lipinski definition) is 3. The minimum absolute atomic E-state index is 0.896. The second-order valence-electron chi connectivity index (χ2n) is 4.87. The molecule has 0 saturated carbocycles. The molecule has 0 unspecified atom stereocenters. The van der Waals surface area contributed by atoms with E-state index in [4.69, 9.17) is 10.5 Å². The third kappa shape index (κ3) is 2.24. The molecular weight excluding hydrogens is 236 g/mol. The highest BCUT2D eigenvalue weighted by atomic mass is 16.5. The summed E-state index contributed by atoms with van der Waals surface area (Å²) >= 11 is 0. The summed E-state index contributed by atoms with van der Waals surface area (Å²) in [5.41, 5.74) is 10.7. The largest absolute Gasteiger partial charge is 0.497 e. The molecule has 2 aromatic rings. The van der Waals surface area contributed by atoms with Crippen molar-refractivity contribution in [3.63, 3.8) is 0 Å². The number of fused-ring (bicyclic) bond motifs is 1. The Kier molecular flexibility index (Phi) is 3.03. The van der Waals surface area contributed by atoms with Crippen molar-refractivity contribution in [2.45, 2.75) is 13.0 Å². The minimum Gasteiger partial charge on any atom is -0.497 e. The third-order valence-corrected chi connectivity index (χ3v) is 3.67.